The van der Waals surface area contributed by atoms with Crippen molar-refractivity contribution in [2.75, 3.05) is 10.6 Å². The lowest BCUT2D eigenvalue weighted by atomic mass is 9.93. The molecule has 128 valence electrons. The highest BCUT2D eigenvalue weighted by Crippen LogP contribution is 2.27. The van der Waals surface area contributed by atoms with Gasteiger partial charge in [0.05, 0.1) is 11.9 Å². The fourth-order valence-corrected chi connectivity index (χ4v) is 3.16. The highest BCUT2D eigenvalue weighted by atomic mass is 35.5. The molecule has 1 fully saturated rings. The van der Waals surface area contributed by atoms with Crippen LogP contribution in [0.3, 0.4) is 0 Å². The molecule has 7 nitrogen and oxygen atoms in total. The van der Waals surface area contributed by atoms with Gasteiger partial charge in [-0.05, 0) is 37.0 Å². The Morgan fingerprint density at radius 2 is 2.12 bits per heavy atom. The molecule has 1 aromatic heterocycles. The van der Waals surface area contributed by atoms with E-state index >= 15 is 0 Å². The highest BCUT2D eigenvalue weighted by Gasteiger charge is 2.19. The maximum atomic E-state index is 11.2. The molecule has 1 aliphatic rings. The van der Waals surface area contributed by atoms with Crippen LogP contribution in [0.4, 0.5) is 17.5 Å². The lowest BCUT2D eigenvalue weighted by Crippen LogP contribution is -2.27. The Labute approximate surface area is 145 Å². The first-order valence-corrected chi connectivity index (χ1v) is 9.64. The zero-order valence-corrected chi connectivity index (χ0v) is 14.4. The van der Waals surface area contributed by atoms with Gasteiger partial charge in [0, 0.05) is 11.7 Å². The zero-order valence-electron chi connectivity index (χ0n) is 12.9. The number of hydrogen-bond donors (Lipinski definition) is 3. The summed E-state index contributed by atoms with van der Waals surface area (Å²) >= 11 is 6.13. The van der Waals surface area contributed by atoms with Crippen LogP contribution in [-0.2, 0) is 15.8 Å². The SMILES string of the molecule is NS(=O)(=O)Cc1cccc(Nc2ncc(Cl)c(NC3CCC3)n2)c1. The summed E-state index contributed by atoms with van der Waals surface area (Å²) in [5.74, 6) is 0.756. The average Bonchev–Trinajstić information content (AvgIpc) is 2.44. The van der Waals surface area contributed by atoms with Crippen LogP contribution in [0.1, 0.15) is 24.8 Å². The summed E-state index contributed by atoms with van der Waals surface area (Å²) in [6, 6.07) is 7.34. The van der Waals surface area contributed by atoms with E-state index in [1.807, 2.05) is 0 Å². The molecule has 1 heterocycles. The molecule has 1 aromatic carbocycles. The van der Waals surface area contributed by atoms with Crippen LogP contribution >= 0.6 is 11.6 Å². The average molecular weight is 368 g/mol. The second-order valence-corrected chi connectivity index (χ2v) is 7.82. The molecule has 0 aliphatic heterocycles. The van der Waals surface area contributed by atoms with Crippen LogP contribution in [0.15, 0.2) is 30.5 Å². The van der Waals surface area contributed by atoms with Crippen molar-refractivity contribution in [1.82, 2.24) is 9.97 Å². The number of primary sulfonamides is 1. The number of rotatable bonds is 6. The van der Waals surface area contributed by atoms with E-state index in [9.17, 15) is 8.42 Å². The molecule has 3 rings (SSSR count). The van der Waals surface area contributed by atoms with Gasteiger partial charge in [-0.1, -0.05) is 23.7 Å². The van der Waals surface area contributed by atoms with Gasteiger partial charge in [-0.3, -0.25) is 0 Å². The Bertz CT molecular complexity index is 840. The van der Waals surface area contributed by atoms with Crippen molar-refractivity contribution in [3.8, 4) is 0 Å². The highest BCUT2D eigenvalue weighted by molar-refractivity contribution is 7.88. The Kier molecular flexibility index (Phi) is 4.88. The summed E-state index contributed by atoms with van der Waals surface area (Å²) < 4.78 is 22.4. The Morgan fingerprint density at radius 1 is 1.33 bits per heavy atom. The fraction of sp³-hybridized carbons (Fsp3) is 0.333. The molecule has 1 saturated carbocycles. The third-order valence-electron chi connectivity index (χ3n) is 3.74. The van der Waals surface area contributed by atoms with Gasteiger partial charge in [-0.2, -0.15) is 4.98 Å². The third-order valence-corrected chi connectivity index (χ3v) is 4.75. The number of benzene rings is 1. The normalized spacial score (nSPS) is 14.9. The van der Waals surface area contributed by atoms with Crippen molar-refractivity contribution in [2.24, 2.45) is 5.14 Å². The van der Waals surface area contributed by atoms with Crippen LogP contribution in [0.25, 0.3) is 0 Å². The lowest BCUT2D eigenvalue weighted by Gasteiger charge is -2.27. The largest absolute Gasteiger partial charge is 0.366 e. The van der Waals surface area contributed by atoms with Crippen molar-refractivity contribution in [3.05, 3.63) is 41.0 Å². The lowest BCUT2D eigenvalue weighted by molar-refractivity contribution is 0.444. The van der Waals surface area contributed by atoms with Crippen LogP contribution < -0.4 is 15.8 Å². The summed E-state index contributed by atoms with van der Waals surface area (Å²) in [6.07, 6.45) is 4.96. The first kappa shape index (κ1) is 16.9. The van der Waals surface area contributed by atoms with Crippen LogP contribution in [0.5, 0.6) is 0 Å². The van der Waals surface area contributed by atoms with Gasteiger partial charge < -0.3 is 10.6 Å². The molecule has 0 amide bonds. The molecule has 0 bridgehead atoms. The molecule has 4 N–H and O–H groups in total. The Morgan fingerprint density at radius 3 is 2.79 bits per heavy atom. The zero-order chi connectivity index (χ0) is 17.2. The summed E-state index contributed by atoms with van der Waals surface area (Å²) in [7, 11) is -3.58. The predicted octanol–water partition coefficient (Wildman–Crippen LogP) is 2.63. The minimum absolute atomic E-state index is 0.224. The Hall–Kier alpha value is -1.90. The van der Waals surface area contributed by atoms with Gasteiger partial charge in [-0.25, -0.2) is 18.5 Å². The second-order valence-electron chi connectivity index (χ2n) is 5.79. The number of nitrogens with zero attached hydrogens (tertiary/aromatic N) is 2. The number of hydrogen-bond acceptors (Lipinski definition) is 6. The van der Waals surface area contributed by atoms with Gasteiger partial charge >= 0.3 is 0 Å². The monoisotopic (exact) mass is 367 g/mol. The van der Waals surface area contributed by atoms with Crippen LogP contribution in [0.2, 0.25) is 5.02 Å². The molecule has 1 aliphatic carbocycles. The van der Waals surface area contributed by atoms with E-state index in [0.29, 0.717) is 34.1 Å². The summed E-state index contributed by atoms with van der Waals surface area (Å²) in [4.78, 5) is 8.54. The van der Waals surface area contributed by atoms with E-state index in [4.69, 9.17) is 16.7 Å². The summed E-state index contributed by atoms with van der Waals surface area (Å²) in [5.41, 5.74) is 1.26. The quantitative estimate of drug-likeness (QED) is 0.723. The first-order valence-electron chi connectivity index (χ1n) is 7.54. The molecule has 0 saturated heterocycles. The molecule has 2 aromatic rings. The predicted molar refractivity (Wildman–Crippen MR) is 94.8 cm³/mol. The van der Waals surface area contributed by atoms with Crippen LogP contribution in [0, 0.1) is 0 Å². The smallest absolute Gasteiger partial charge is 0.229 e. The van der Waals surface area contributed by atoms with Crippen molar-refractivity contribution in [3.63, 3.8) is 0 Å². The molecule has 9 heteroatoms. The van der Waals surface area contributed by atoms with Gasteiger partial charge in [0.25, 0.3) is 0 Å². The number of aromatic nitrogens is 2. The van der Waals surface area contributed by atoms with E-state index in [0.717, 1.165) is 12.8 Å². The van der Waals surface area contributed by atoms with Gasteiger partial charge in [0.1, 0.15) is 5.02 Å². The van der Waals surface area contributed by atoms with Gasteiger partial charge in [0.2, 0.25) is 16.0 Å². The van der Waals surface area contributed by atoms with Crippen molar-refractivity contribution < 1.29 is 8.42 Å². The van der Waals surface area contributed by atoms with Crippen molar-refractivity contribution >= 4 is 39.1 Å². The third kappa shape index (κ3) is 4.56. The van der Waals surface area contributed by atoms with Gasteiger partial charge in [0.15, 0.2) is 5.82 Å². The second kappa shape index (κ2) is 6.92. The minimum Gasteiger partial charge on any atom is -0.366 e. The number of anilines is 3. The van der Waals surface area contributed by atoms with E-state index in [1.54, 1.807) is 24.3 Å². The molecule has 24 heavy (non-hydrogen) atoms. The molecule has 0 radical (unpaired) electrons. The van der Waals surface area contributed by atoms with Crippen LogP contribution in [-0.4, -0.2) is 24.4 Å². The topological polar surface area (TPSA) is 110 Å². The molecular formula is C15H18ClN5O2S. The minimum atomic E-state index is -3.58. The van der Waals surface area contributed by atoms with Crippen molar-refractivity contribution in [1.29, 1.82) is 0 Å². The van der Waals surface area contributed by atoms with E-state index in [2.05, 4.69) is 20.6 Å². The maximum Gasteiger partial charge on any atom is 0.229 e. The first-order chi connectivity index (χ1) is 11.4. The van der Waals surface area contributed by atoms with E-state index in [-0.39, 0.29) is 5.75 Å². The van der Waals surface area contributed by atoms with E-state index in [1.165, 1.54) is 12.6 Å². The summed E-state index contributed by atoms with van der Waals surface area (Å²) in [5, 5.41) is 11.9. The maximum absolute atomic E-state index is 11.2. The Balaban J connectivity index is 1.75. The number of nitrogens with two attached hydrogens (primary N) is 1. The molecule has 0 atom stereocenters. The fourth-order valence-electron chi connectivity index (χ4n) is 2.37. The van der Waals surface area contributed by atoms with E-state index < -0.39 is 10.0 Å². The number of nitrogens with one attached hydrogen (secondary N) is 2. The molecular weight excluding hydrogens is 350 g/mol. The number of halogens is 1. The molecule has 0 spiro atoms. The van der Waals surface area contributed by atoms with Crippen molar-refractivity contribution in [2.45, 2.75) is 31.1 Å². The standard InChI is InChI=1S/C15H18ClN5O2S/c16-13-8-18-15(21-14(13)19-11-4-2-5-11)20-12-6-1-3-10(7-12)9-24(17,22)23/h1,3,6-8,11H,2,4-5,9H2,(H2,17,22,23)(H2,18,19,20,21). The molecule has 0 unspecified atom stereocenters. The summed E-state index contributed by atoms with van der Waals surface area (Å²) in [6.45, 7) is 0. The number of sulfonamides is 1. The van der Waals surface area contributed by atoms with Gasteiger partial charge in [-0.15, -0.1) is 0 Å².